The van der Waals surface area contributed by atoms with E-state index in [9.17, 15) is 14.7 Å². The van der Waals surface area contributed by atoms with E-state index in [4.69, 9.17) is 16.0 Å². The second kappa shape index (κ2) is 9.45. The quantitative estimate of drug-likeness (QED) is 0.296. The van der Waals surface area contributed by atoms with Crippen molar-refractivity contribution in [2.24, 2.45) is 0 Å². The molecule has 1 fully saturated rings. The van der Waals surface area contributed by atoms with Crippen molar-refractivity contribution >= 4 is 45.6 Å². The van der Waals surface area contributed by atoms with Crippen LogP contribution in [-0.2, 0) is 4.79 Å². The molecule has 1 unspecified atom stereocenters. The SMILES string of the molecule is O=C(C1=C(O)C(=O)N(c2ccc(N3CCCCC3)cc2)C1c1ccccc1)c1cc2cc(Cl)ccc2o1. The maximum atomic E-state index is 13.7. The molecule has 37 heavy (non-hydrogen) atoms. The number of anilines is 2. The van der Waals surface area contributed by atoms with Crippen molar-refractivity contribution in [3.8, 4) is 0 Å². The van der Waals surface area contributed by atoms with Crippen LogP contribution < -0.4 is 9.80 Å². The summed E-state index contributed by atoms with van der Waals surface area (Å²) in [5, 5.41) is 12.2. The van der Waals surface area contributed by atoms with Crippen molar-refractivity contribution in [3.63, 3.8) is 0 Å². The summed E-state index contributed by atoms with van der Waals surface area (Å²) in [4.78, 5) is 31.0. The summed E-state index contributed by atoms with van der Waals surface area (Å²) < 4.78 is 5.80. The van der Waals surface area contributed by atoms with Gasteiger partial charge in [0.15, 0.2) is 11.5 Å². The highest BCUT2D eigenvalue weighted by molar-refractivity contribution is 6.31. The van der Waals surface area contributed by atoms with Gasteiger partial charge in [-0.15, -0.1) is 0 Å². The number of amides is 1. The number of rotatable bonds is 5. The van der Waals surface area contributed by atoms with Gasteiger partial charge in [-0.05, 0) is 73.4 Å². The molecule has 0 bridgehead atoms. The van der Waals surface area contributed by atoms with Gasteiger partial charge in [-0.1, -0.05) is 41.9 Å². The Morgan fingerprint density at radius 3 is 2.32 bits per heavy atom. The number of aliphatic hydroxyl groups excluding tert-OH is 1. The van der Waals surface area contributed by atoms with Crippen molar-refractivity contribution in [2.75, 3.05) is 22.9 Å². The predicted octanol–water partition coefficient (Wildman–Crippen LogP) is 6.86. The Labute approximate surface area is 219 Å². The fourth-order valence-electron chi connectivity index (χ4n) is 5.29. The Morgan fingerprint density at radius 1 is 0.892 bits per heavy atom. The lowest BCUT2D eigenvalue weighted by Crippen LogP contribution is -2.31. The van der Waals surface area contributed by atoms with E-state index < -0.39 is 23.5 Å². The zero-order chi connectivity index (χ0) is 25.5. The number of furan rings is 1. The number of Topliss-reactive ketones (excluding diaryl/α,β-unsaturated/α-hetero) is 1. The third kappa shape index (κ3) is 4.17. The molecular formula is C30H25ClN2O4. The number of piperidine rings is 1. The van der Waals surface area contributed by atoms with Crippen molar-refractivity contribution in [1.29, 1.82) is 0 Å². The highest BCUT2D eigenvalue weighted by Crippen LogP contribution is 2.42. The average Bonchev–Trinajstić information content (AvgIpc) is 3.47. The molecule has 1 amide bonds. The van der Waals surface area contributed by atoms with E-state index in [2.05, 4.69) is 4.90 Å². The van der Waals surface area contributed by atoms with Crippen molar-refractivity contribution in [3.05, 3.63) is 107 Å². The van der Waals surface area contributed by atoms with Gasteiger partial charge >= 0.3 is 0 Å². The summed E-state index contributed by atoms with van der Waals surface area (Å²) in [5.41, 5.74) is 2.90. The molecule has 2 aliphatic rings. The lowest BCUT2D eigenvalue weighted by atomic mass is 9.94. The third-order valence-corrected chi connectivity index (χ3v) is 7.35. The van der Waals surface area contributed by atoms with Gasteiger partial charge in [-0.2, -0.15) is 0 Å². The zero-order valence-corrected chi connectivity index (χ0v) is 20.8. The molecule has 1 N–H and O–H groups in total. The minimum absolute atomic E-state index is 0.0125. The number of aliphatic hydroxyl groups is 1. The summed E-state index contributed by atoms with van der Waals surface area (Å²) in [6.45, 7) is 2.02. The second-order valence-electron chi connectivity index (χ2n) is 9.44. The first-order valence-corrected chi connectivity index (χ1v) is 12.8. The lowest BCUT2D eigenvalue weighted by Gasteiger charge is -2.30. The van der Waals surface area contributed by atoms with Crippen LogP contribution in [0.1, 0.15) is 41.4 Å². The van der Waals surface area contributed by atoms with Gasteiger partial charge in [-0.25, -0.2) is 0 Å². The molecule has 4 aromatic rings. The van der Waals surface area contributed by atoms with Crippen molar-refractivity contribution in [1.82, 2.24) is 0 Å². The summed E-state index contributed by atoms with van der Waals surface area (Å²) in [5.74, 6) is -1.70. The van der Waals surface area contributed by atoms with E-state index in [1.807, 2.05) is 54.6 Å². The smallest absolute Gasteiger partial charge is 0.294 e. The van der Waals surface area contributed by atoms with E-state index in [-0.39, 0.29) is 11.3 Å². The van der Waals surface area contributed by atoms with E-state index in [1.54, 1.807) is 24.3 Å². The fraction of sp³-hybridized carbons (Fsp3) is 0.200. The maximum Gasteiger partial charge on any atom is 0.294 e. The first-order chi connectivity index (χ1) is 18.0. The van der Waals surface area contributed by atoms with Crippen LogP contribution in [0, 0.1) is 0 Å². The molecule has 0 saturated carbocycles. The first-order valence-electron chi connectivity index (χ1n) is 12.4. The van der Waals surface area contributed by atoms with Crippen LogP contribution >= 0.6 is 11.6 Å². The van der Waals surface area contributed by atoms with Crippen LogP contribution in [0.3, 0.4) is 0 Å². The van der Waals surface area contributed by atoms with Gasteiger partial charge in [0.2, 0.25) is 5.78 Å². The molecule has 1 atom stereocenters. The number of fused-ring (bicyclic) bond motifs is 1. The van der Waals surface area contributed by atoms with Crippen LogP contribution in [0.4, 0.5) is 11.4 Å². The van der Waals surface area contributed by atoms with Crippen molar-refractivity contribution < 1.29 is 19.1 Å². The molecular weight excluding hydrogens is 488 g/mol. The molecule has 1 aromatic heterocycles. The standard InChI is InChI=1S/C30H25ClN2O4/c31-21-9-14-24-20(17-21)18-25(37-24)28(34)26-27(19-7-3-1-4-8-19)33(30(36)29(26)35)23-12-10-22(11-13-23)32-15-5-2-6-16-32/h1,3-4,7-14,17-18,27,35H,2,5-6,15-16H2. The Morgan fingerprint density at radius 2 is 1.59 bits per heavy atom. The topological polar surface area (TPSA) is 74.0 Å². The number of carbonyl (C=O) groups excluding carboxylic acids is 2. The molecule has 6 nitrogen and oxygen atoms in total. The van der Waals surface area contributed by atoms with Crippen LogP contribution in [0.5, 0.6) is 0 Å². The average molecular weight is 513 g/mol. The lowest BCUT2D eigenvalue weighted by molar-refractivity contribution is -0.117. The second-order valence-corrected chi connectivity index (χ2v) is 9.87. The predicted molar refractivity (Wildman–Crippen MR) is 144 cm³/mol. The molecule has 3 aromatic carbocycles. The molecule has 186 valence electrons. The zero-order valence-electron chi connectivity index (χ0n) is 20.1. The Hall–Kier alpha value is -4.03. The molecule has 2 aliphatic heterocycles. The minimum atomic E-state index is -0.807. The van der Waals surface area contributed by atoms with Gasteiger partial charge in [0.25, 0.3) is 5.91 Å². The summed E-state index contributed by atoms with van der Waals surface area (Å²) in [7, 11) is 0. The maximum absolute atomic E-state index is 13.7. The minimum Gasteiger partial charge on any atom is -0.503 e. The molecule has 0 radical (unpaired) electrons. The number of hydrogen-bond donors (Lipinski definition) is 1. The molecule has 3 heterocycles. The number of nitrogens with zero attached hydrogens (tertiary/aromatic N) is 2. The number of ketones is 1. The Bertz CT molecular complexity index is 1520. The summed E-state index contributed by atoms with van der Waals surface area (Å²) in [6.07, 6.45) is 3.58. The van der Waals surface area contributed by atoms with Crippen LogP contribution in [0.15, 0.2) is 94.6 Å². The van der Waals surface area contributed by atoms with E-state index in [1.165, 1.54) is 24.2 Å². The van der Waals surface area contributed by atoms with Gasteiger partial charge in [0.1, 0.15) is 5.58 Å². The molecule has 6 rings (SSSR count). The Balaban J connectivity index is 1.40. The molecule has 7 heteroatoms. The largest absolute Gasteiger partial charge is 0.503 e. The molecule has 0 spiro atoms. The molecule has 1 saturated heterocycles. The highest BCUT2D eigenvalue weighted by atomic mass is 35.5. The van der Waals surface area contributed by atoms with Gasteiger partial charge in [-0.3, -0.25) is 14.5 Å². The number of carbonyl (C=O) groups is 2. The van der Waals surface area contributed by atoms with Gasteiger partial charge < -0.3 is 14.4 Å². The van der Waals surface area contributed by atoms with Gasteiger partial charge in [0.05, 0.1) is 11.6 Å². The Kier molecular flexibility index (Phi) is 5.97. The highest BCUT2D eigenvalue weighted by Gasteiger charge is 2.45. The van der Waals surface area contributed by atoms with Crippen LogP contribution in [0.25, 0.3) is 11.0 Å². The van der Waals surface area contributed by atoms with Gasteiger partial charge in [0, 0.05) is 34.9 Å². The van der Waals surface area contributed by atoms with E-state index >= 15 is 0 Å². The normalized spacial score (nSPS) is 18.2. The molecule has 0 aliphatic carbocycles. The monoisotopic (exact) mass is 512 g/mol. The van der Waals surface area contributed by atoms with Crippen molar-refractivity contribution in [2.45, 2.75) is 25.3 Å². The number of hydrogen-bond acceptors (Lipinski definition) is 5. The third-order valence-electron chi connectivity index (χ3n) is 7.12. The van der Waals surface area contributed by atoms with E-state index in [0.29, 0.717) is 27.2 Å². The fourth-order valence-corrected chi connectivity index (χ4v) is 5.47. The first kappa shape index (κ1) is 23.4. The summed E-state index contributed by atoms with van der Waals surface area (Å²) >= 11 is 6.10. The number of halogens is 1. The van der Waals surface area contributed by atoms with Crippen LogP contribution in [0.2, 0.25) is 5.02 Å². The number of benzene rings is 3. The summed E-state index contributed by atoms with van der Waals surface area (Å²) in [6, 6.07) is 22.8. The van der Waals surface area contributed by atoms with Crippen LogP contribution in [-0.4, -0.2) is 29.9 Å². The van der Waals surface area contributed by atoms with E-state index in [0.717, 1.165) is 18.8 Å².